The van der Waals surface area contributed by atoms with E-state index in [0.717, 1.165) is 12.1 Å². The summed E-state index contributed by atoms with van der Waals surface area (Å²) >= 11 is 4.77. The van der Waals surface area contributed by atoms with E-state index in [4.69, 9.17) is 22.6 Å². The lowest BCUT2D eigenvalue weighted by atomic mass is 10.2. The predicted octanol–water partition coefficient (Wildman–Crippen LogP) is 3.06. The van der Waals surface area contributed by atoms with Crippen molar-refractivity contribution in [3.05, 3.63) is 41.2 Å². The van der Waals surface area contributed by atoms with Crippen molar-refractivity contribution >= 4 is 22.9 Å². The van der Waals surface area contributed by atoms with Gasteiger partial charge in [-0.3, -0.25) is 0 Å². The first-order valence-electron chi connectivity index (χ1n) is 4.52. The Labute approximate surface area is 102 Å². The van der Waals surface area contributed by atoms with Gasteiger partial charge in [-0.05, 0) is 19.1 Å². The van der Waals surface area contributed by atoms with Crippen LogP contribution in [0.15, 0.2) is 29.5 Å². The summed E-state index contributed by atoms with van der Waals surface area (Å²) in [6, 6.07) is 4.95. The molecule has 0 aromatic heterocycles. The normalized spacial score (nSPS) is 11.4. The lowest BCUT2D eigenvalue weighted by Crippen LogP contribution is -2.14. The van der Waals surface area contributed by atoms with E-state index in [9.17, 15) is 8.78 Å². The van der Waals surface area contributed by atoms with Crippen molar-refractivity contribution in [2.24, 2.45) is 0 Å². The average molecular weight is 254 g/mol. The van der Waals surface area contributed by atoms with Crippen LogP contribution >= 0.6 is 12.2 Å². The molecule has 0 aliphatic rings. The number of rotatable bonds is 2. The Hall–Kier alpha value is -2.00. The molecule has 0 fully saturated rings. The third-order valence-corrected chi connectivity index (χ3v) is 2.21. The Morgan fingerprint density at radius 1 is 1.41 bits per heavy atom. The fraction of sp³-hybridized carbons (Fsp3) is 0.0909. The fourth-order valence-corrected chi connectivity index (χ4v) is 1.38. The van der Waals surface area contributed by atoms with E-state index in [2.05, 4.69) is 5.32 Å². The van der Waals surface area contributed by atoms with Gasteiger partial charge in [-0.2, -0.15) is 5.26 Å². The summed E-state index contributed by atoms with van der Waals surface area (Å²) in [6.07, 6.45) is 0. The van der Waals surface area contributed by atoms with Crippen LogP contribution in [0.3, 0.4) is 0 Å². The number of anilines is 1. The van der Waals surface area contributed by atoms with Crippen LogP contribution in [0.4, 0.5) is 14.5 Å². The van der Waals surface area contributed by atoms with Gasteiger partial charge in [-0.25, -0.2) is 8.78 Å². The van der Waals surface area contributed by atoms with E-state index in [-0.39, 0.29) is 16.3 Å². The largest absolute Gasteiger partial charge is 0.511 e. The minimum Gasteiger partial charge on any atom is -0.511 e. The van der Waals surface area contributed by atoms with Crippen molar-refractivity contribution in [2.75, 3.05) is 5.32 Å². The summed E-state index contributed by atoms with van der Waals surface area (Å²) in [6.45, 7) is 1.25. The van der Waals surface area contributed by atoms with Crippen LogP contribution in [0.2, 0.25) is 0 Å². The first-order valence-corrected chi connectivity index (χ1v) is 4.93. The molecule has 1 aromatic carbocycles. The standard InChI is InChI=1S/C11H8F2N2OS/c1-6(16)7(5-14)11(17)15-10-8(12)3-2-4-9(10)13/h2-4,16H,1H3,(H,15,17)/b7-6-. The van der Waals surface area contributed by atoms with Gasteiger partial charge in [-0.1, -0.05) is 18.3 Å². The number of thiocarbonyl (C=S) groups is 1. The molecule has 0 aliphatic carbocycles. The average Bonchev–Trinajstić information content (AvgIpc) is 2.24. The van der Waals surface area contributed by atoms with E-state index in [1.165, 1.54) is 13.0 Å². The molecule has 2 N–H and O–H groups in total. The van der Waals surface area contributed by atoms with Gasteiger partial charge in [0, 0.05) is 0 Å². The molecule has 0 atom stereocenters. The van der Waals surface area contributed by atoms with Crippen LogP contribution in [0.1, 0.15) is 6.92 Å². The topological polar surface area (TPSA) is 56.0 Å². The number of hydrogen-bond donors (Lipinski definition) is 2. The number of nitriles is 1. The van der Waals surface area contributed by atoms with Crippen LogP contribution in [0.25, 0.3) is 0 Å². The zero-order chi connectivity index (χ0) is 13.0. The SMILES string of the molecule is C/C(O)=C(\C#N)C(=S)Nc1c(F)cccc1F. The Bertz CT molecular complexity index is 511. The Balaban J connectivity index is 3.05. The smallest absolute Gasteiger partial charge is 0.149 e. The summed E-state index contributed by atoms with van der Waals surface area (Å²) in [5, 5.41) is 20.1. The van der Waals surface area contributed by atoms with Crippen molar-refractivity contribution in [1.82, 2.24) is 0 Å². The number of nitrogens with one attached hydrogen (secondary N) is 1. The molecule has 0 saturated heterocycles. The van der Waals surface area contributed by atoms with Crippen molar-refractivity contribution in [2.45, 2.75) is 6.92 Å². The van der Waals surface area contributed by atoms with Gasteiger partial charge in [0.2, 0.25) is 0 Å². The molecular weight excluding hydrogens is 246 g/mol. The third-order valence-electron chi connectivity index (χ3n) is 1.90. The predicted molar refractivity (Wildman–Crippen MR) is 63.5 cm³/mol. The van der Waals surface area contributed by atoms with Gasteiger partial charge < -0.3 is 10.4 Å². The lowest BCUT2D eigenvalue weighted by molar-refractivity contribution is 0.412. The first kappa shape index (κ1) is 13.1. The fourth-order valence-electron chi connectivity index (χ4n) is 1.09. The van der Waals surface area contributed by atoms with Crippen LogP contribution in [0, 0.1) is 23.0 Å². The Morgan fingerprint density at radius 2 is 1.94 bits per heavy atom. The number of benzene rings is 1. The van der Waals surface area contributed by atoms with Crippen LogP contribution in [-0.4, -0.2) is 10.1 Å². The molecule has 6 heteroatoms. The van der Waals surface area contributed by atoms with Crippen LogP contribution < -0.4 is 5.32 Å². The quantitative estimate of drug-likeness (QED) is 0.368. The van der Waals surface area contributed by atoms with E-state index in [0.29, 0.717) is 0 Å². The van der Waals surface area contributed by atoms with Crippen molar-refractivity contribution in [3.8, 4) is 6.07 Å². The van der Waals surface area contributed by atoms with Crippen molar-refractivity contribution < 1.29 is 13.9 Å². The first-order chi connectivity index (χ1) is 7.97. The molecule has 3 nitrogen and oxygen atoms in total. The number of aliphatic hydroxyl groups is 1. The molecule has 1 aromatic rings. The van der Waals surface area contributed by atoms with E-state index < -0.39 is 17.3 Å². The van der Waals surface area contributed by atoms with Gasteiger partial charge in [0.1, 0.15) is 39.7 Å². The molecule has 0 heterocycles. The molecule has 0 radical (unpaired) electrons. The maximum atomic E-state index is 13.3. The highest BCUT2D eigenvalue weighted by molar-refractivity contribution is 7.81. The van der Waals surface area contributed by atoms with E-state index in [1.54, 1.807) is 6.07 Å². The zero-order valence-corrected chi connectivity index (χ0v) is 9.61. The van der Waals surface area contributed by atoms with E-state index >= 15 is 0 Å². The second kappa shape index (κ2) is 5.37. The second-order valence-corrected chi connectivity index (χ2v) is 3.53. The molecule has 17 heavy (non-hydrogen) atoms. The van der Waals surface area contributed by atoms with Gasteiger partial charge in [0.05, 0.1) is 0 Å². The molecule has 88 valence electrons. The summed E-state index contributed by atoms with van der Waals surface area (Å²) in [5.74, 6) is -1.98. The maximum absolute atomic E-state index is 13.3. The molecule has 0 unspecified atom stereocenters. The monoisotopic (exact) mass is 254 g/mol. The van der Waals surface area contributed by atoms with Gasteiger partial charge in [-0.15, -0.1) is 0 Å². The second-order valence-electron chi connectivity index (χ2n) is 3.12. The number of aliphatic hydroxyl groups excluding tert-OH is 1. The molecule has 0 aliphatic heterocycles. The van der Waals surface area contributed by atoms with Gasteiger partial charge in [0.25, 0.3) is 0 Å². The van der Waals surface area contributed by atoms with E-state index in [1.807, 2.05) is 0 Å². The Morgan fingerprint density at radius 3 is 2.35 bits per heavy atom. The highest BCUT2D eigenvalue weighted by Gasteiger charge is 2.13. The van der Waals surface area contributed by atoms with Crippen molar-refractivity contribution in [3.63, 3.8) is 0 Å². The minimum atomic E-state index is -0.833. The third kappa shape index (κ3) is 2.98. The highest BCUT2D eigenvalue weighted by Crippen LogP contribution is 2.19. The summed E-state index contributed by atoms with van der Waals surface area (Å²) in [7, 11) is 0. The number of hydrogen-bond acceptors (Lipinski definition) is 3. The summed E-state index contributed by atoms with van der Waals surface area (Å²) in [5.41, 5.74) is -0.686. The highest BCUT2D eigenvalue weighted by atomic mass is 32.1. The van der Waals surface area contributed by atoms with Gasteiger partial charge >= 0.3 is 0 Å². The number of allylic oxidation sites excluding steroid dienone is 1. The number of para-hydroxylation sites is 1. The summed E-state index contributed by atoms with van der Waals surface area (Å²) < 4.78 is 26.5. The minimum absolute atomic E-state index is 0.234. The molecule has 0 spiro atoms. The molecular formula is C11H8F2N2OS. The number of nitrogens with zero attached hydrogens (tertiary/aromatic N) is 1. The molecule has 0 bridgehead atoms. The number of halogens is 2. The van der Waals surface area contributed by atoms with Crippen LogP contribution in [0.5, 0.6) is 0 Å². The molecule has 0 amide bonds. The zero-order valence-electron chi connectivity index (χ0n) is 8.79. The van der Waals surface area contributed by atoms with Crippen LogP contribution in [-0.2, 0) is 0 Å². The lowest BCUT2D eigenvalue weighted by Gasteiger charge is -2.09. The molecule has 1 rings (SSSR count). The van der Waals surface area contributed by atoms with Crippen molar-refractivity contribution in [1.29, 1.82) is 5.26 Å². The summed E-state index contributed by atoms with van der Waals surface area (Å²) in [4.78, 5) is -0.239. The maximum Gasteiger partial charge on any atom is 0.149 e. The molecule has 0 saturated carbocycles. The Kier molecular flexibility index (Phi) is 4.12. The van der Waals surface area contributed by atoms with Gasteiger partial charge in [0.15, 0.2) is 0 Å².